The van der Waals surface area contributed by atoms with Crippen LogP contribution in [0, 0.1) is 23.7 Å². The monoisotopic (exact) mass is 401 g/mol. The average Bonchev–Trinajstić information content (AvgIpc) is 2.59. The average molecular weight is 402 g/mol. The molecule has 4 unspecified atom stereocenters. The third-order valence-electron chi connectivity index (χ3n) is 5.85. The van der Waals surface area contributed by atoms with Gasteiger partial charge in [0.25, 0.3) is 0 Å². The number of hydrogen-bond donors (Lipinski definition) is 2. The second-order valence-electron chi connectivity index (χ2n) is 9.41. The van der Waals surface area contributed by atoms with Crippen LogP contribution in [0.25, 0.3) is 0 Å². The maximum absolute atomic E-state index is 10.8. The number of aliphatic hydroxyl groups is 2. The third kappa shape index (κ3) is 11.5. The van der Waals surface area contributed by atoms with Crippen molar-refractivity contribution in [3.05, 3.63) is 0 Å². The minimum Gasteiger partial charge on any atom is -0.395 e. The second kappa shape index (κ2) is 14.5. The number of hydrogen-bond acceptors (Lipinski definition) is 5. The fourth-order valence-corrected chi connectivity index (χ4v) is 4.63. The normalized spacial score (nSPS) is 19.6. The van der Waals surface area contributed by atoms with E-state index >= 15 is 0 Å². The summed E-state index contributed by atoms with van der Waals surface area (Å²) >= 11 is 0. The van der Waals surface area contributed by atoms with E-state index in [1.165, 1.54) is 0 Å². The zero-order valence-corrected chi connectivity index (χ0v) is 19.5. The van der Waals surface area contributed by atoms with Gasteiger partial charge >= 0.3 is 0 Å². The Balaban J connectivity index is 4.52. The van der Waals surface area contributed by atoms with Crippen molar-refractivity contribution in [2.75, 3.05) is 33.4 Å². The van der Waals surface area contributed by atoms with Gasteiger partial charge in [-0.1, -0.05) is 34.6 Å². The standard InChI is InChI=1S/C23H47NO4/c1-8-22(28-7)23(6,27)15-21(5)16-24(11-12-25)10-9-18(2)13-19(3)14-20(4)17-26/h17-22,25,27H,8-16H2,1-7H3/t18?,19?,20?,21-,22?,23+/m1/s1. The summed E-state index contributed by atoms with van der Waals surface area (Å²) in [5.74, 6) is 1.59. The van der Waals surface area contributed by atoms with Crippen LogP contribution in [0.3, 0.4) is 0 Å². The molecule has 0 saturated carbocycles. The summed E-state index contributed by atoms with van der Waals surface area (Å²) in [6, 6.07) is 0. The summed E-state index contributed by atoms with van der Waals surface area (Å²) in [7, 11) is 1.66. The summed E-state index contributed by atoms with van der Waals surface area (Å²) in [4.78, 5) is 13.1. The van der Waals surface area contributed by atoms with Crippen molar-refractivity contribution in [2.24, 2.45) is 23.7 Å². The van der Waals surface area contributed by atoms with Crippen LogP contribution in [0.15, 0.2) is 0 Å². The molecule has 0 saturated heterocycles. The Labute approximate surface area is 173 Å². The quantitative estimate of drug-likeness (QED) is 0.363. The highest BCUT2D eigenvalue weighted by Crippen LogP contribution is 2.26. The van der Waals surface area contributed by atoms with Crippen LogP contribution < -0.4 is 0 Å². The van der Waals surface area contributed by atoms with E-state index in [4.69, 9.17) is 4.74 Å². The van der Waals surface area contributed by atoms with Crippen molar-refractivity contribution >= 4 is 6.29 Å². The molecule has 0 rings (SSSR count). The Hall–Kier alpha value is -0.490. The SMILES string of the molecule is CCC(OC)[C@@](C)(O)C[C@@H](C)CN(CCO)CCC(C)CC(C)CC(C)C=O. The van der Waals surface area contributed by atoms with Gasteiger partial charge in [0.15, 0.2) is 0 Å². The highest BCUT2D eigenvalue weighted by Gasteiger charge is 2.32. The zero-order valence-electron chi connectivity index (χ0n) is 19.5. The number of methoxy groups -OCH3 is 1. The van der Waals surface area contributed by atoms with Gasteiger partial charge < -0.3 is 24.6 Å². The molecule has 0 aromatic carbocycles. The Morgan fingerprint density at radius 1 is 1.07 bits per heavy atom. The van der Waals surface area contributed by atoms with Gasteiger partial charge in [-0.3, -0.25) is 0 Å². The lowest BCUT2D eigenvalue weighted by atomic mass is 9.86. The van der Waals surface area contributed by atoms with Crippen LogP contribution in [0.1, 0.15) is 73.6 Å². The van der Waals surface area contributed by atoms with Crippen LogP contribution in [-0.2, 0) is 9.53 Å². The molecule has 0 bridgehead atoms. The van der Waals surface area contributed by atoms with Gasteiger partial charge in [-0.2, -0.15) is 0 Å². The fourth-order valence-electron chi connectivity index (χ4n) is 4.63. The van der Waals surface area contributed by atoms with Crippen LogP contribution >= 0.6 is 0 Å². The van der Waals surface area contributed by atoms with E-state index in [2.05, 4.69) is 25.7 Å². The van der Waals surface area contributed by atoms with Crippen molar-refractivity contribution in [1.82, 2.24) is 4.90 Å². The van der Waals surface area contributed by atoms with Gasteiger partial charge in [-0.15, -0.1) is 0 Å². The van der Waals surface area contributed by atoms with Crippen LogP contribution in [0.4, 0.5) is 0 Å². The molecule has 5 nitrogen and oxygen atoms in total. The summed E-state index contributed by atoms with van der Waals surface area (Å²) in [6.07, 6.45) is 5.52. The predicted molar refractivity (Wildman–Crippen MR) is 116 cm³/mol. The molecule has 0 aliphatic heterocycles. The van der Waals surface area contributed by atoms with E-state index in [1.54, 1.807) is 7.11 Å². The Kier molecular flexibility index (Phi) is 14.2. The van der Waals surface area contributed by atoms with Gasteiger partial charge in [-0.05, 0) is 63.3 Å². The molecule has 0 aliphatic rings. The number of nitrogens with zero attached hydrogens (tertiary/aromatic N) is 1. The van der Waals surface area contributed by atoms with Crippen molar-refractivity contribution in [1.29, 1.82) is 0 Å². The van der Waals surface area contributed by atoms with Gasteiger partial charge in [0.2, 0.25) is 0 Å². The maximum atomic E-state index is 10.8. The highest BCUT2D eigenvalue weighted by molar-refractivity contribution is 5.52. The van der Waals surface area contributed by atoms with Gasteiger partial charge in [0.1, 0.15) is 6.29 Å². The predicted octanol–water partition coefficient (Wildman–Crippen LogP) is 3.76. The smallest absolute Gasteiger partial charge is 0.122 e. The lowest BCUT2D eigenvalue weighted by Crippen LogP contribution is -2.43. The Morgan fingerprint density at radius 3 is 2.21 bits per heavy atom. The largest absolute Gasteiger partial charge is 0.395 e. The lowest BCUT2D eigenvalue weighted by Gasteiger charge is -2.35. The summed E-state index contributed by atoms with van der Waals surface area (Å²) in [6.45, 7) is 15.2. The van der Waals surface area contributed by atoms with E-state index < -0.39 is 5.60 Å². The molecule has 2 N–H and O–H groups in total. The van der Waals surface area contributed by atoms with Crippen LogP contribution in [-0.4, -0.2) is 66.5 Å². The third-order valence-corrected chi connectivity index (χ3v) is 5.85. The minimum absolute atomic E-state index is 0.140. The molecule has 0 heterocycles. The zero-order chi connectivity index (χ0) is 21.7. The van der Waals surface area contributed by atoms with Crippen molar-refractivity contribution < 1.29 is 19.7 Å². The van der Waals surface area contributed by atoms with E-state index in [9.17, 15) is 15.0 Å². The number of aliphatic hydroxyl groups excluding tert-OH is 1. The molecule has 0 aromatic heterocycles. The topological polar surface area (TPSA) is 70.0 Å². The summed E-state index contributed by atoms with van der Waals surface area (Å²) in [5, 5.41) is 20.2. The number of ether oxygens (including phenoxy) is 1. The van der Waals surface area contributed by atoms with Crippen molar-refractivity contribution in [3.63, 3.8) is 0 Å². The first-order chi connectivity index (χ1) is 13.1. The summed E-state index contributed by atoms with van der Waals surface area (Å²) < 4.78 is 5.44. The van der Waals surface area contributed by atoms with Gasteiger partial charge in [0, 0.05) is 26.1 Å². The van der Waals surface area contributed by atoms with Crippen LogP contribution in [0.5, 0.6) is 0 Å². The molecule has 0 fully saturated rings. The Morgan fingerprint density at radius 2 is 1.71 bits per heavy atom. The molecule has 0 spiro atoms. The van der Waals surface area contributed by atoms with E-state index in [0.717, 1.165) is 45.1 Å². The van der Waals surface area contributed by atoms with Crippen LogP contribution in [0.2, 0.25) is 0 Å². The first kappa shape index (κ1) is 27.5. The van der Waals surface area contributed by atoms with Gasteiger partial charge in [-0.25, -0.2) is 0 Å². The molecule has 5 heteroatoms. The summed E-state index contributed by atoms with van der Waals surface area (Å²) in [5.41, 5.74) is -0.841. The van der Waals surface area contributed by atoms with Crippen molar-refractivity contribution in [2.45, 2.75) is 85.4 Å². The fraction of sp³-hybridized carbons (Fsp3) is 0.957. The highest BCUT2D eigenvalue weighted by atomic mass is 16.5. The first-order valence-electron chi connectivity index (χ1n) is 11.1. The number of carbonyl (C=O) groups is 1. The molecule has 6 atom stereocenters. The molecular weight excluding hydrogens is 354 g/mol. The van der Waals surface area contributed by atoms with Gasteiger partial charge in [0.05, 0.1) is 18.3 Å². The Bertz CT molecular complexity index is 398. The molecule has 28 heavy (non-hydrogen) atoms. The molecule has 168 valence electrons. The minimum atomic E-state index is -0.841. The van der Waals surface area contributed by atoms with E-state index in [1.807, 2.05) is 20.8 Å². The molecular formula is C23H47NO4. The molecule has 0 aliphatic carbocycles. The van der Waals surface area contributed by atoms with Crippen molar-refractivity contribution in [3.8, 4) is 0 Å². The molecule has 0 aromatic rings. The lowest BCUT2D eigenvalue weighted by molar-refractivity contribution is -0.111. The number of aldehydes is 1. The number of rotatable bonds is 17. The number of carbonyl (C=O) groups excluding carboxylic acids is 1. The molecule has 0 amide bonds. The molecule has 0 radical (unpaired) electrons. The first-order valence-corrected chi connectivity index (χ1v) is 11.1. The van der Waals surface area contributed by atoms with E-state index in [-0.39, 0.29) is 18.6 Å². The maximum Gasteiger partial charge on any atom is 0.122 e. The van der Waals surface area contributed by atoms with E-state index in [0.29, 0.717) is 30.7 Å². The second-order valence-corrected chi connectivity index (χ2v) is 9.41.